The molecular weight excluding hydrogens is 362 g/mol. The van der Waals surface area contributed by atoms with Gasteiger partial charge in [0.15, 0.2) is 28.3 Å². The third-order valence-corrected chi connectivity index (χ3v) is 5.20. The SMILES string of the molecule is COc1ccc(-c2nnc(SCC(=O)c3ccc(C)cc3)n2C)cc1OC. The van der Waals surface area contributed by atoms with E-state index in [-0.39, 0.29) is 5.78 Å². The smallest absolute Gasteiger partial charge is 0.191 e. The van der Waals surface area contributed by atoms with Crippen molar-refractivity contribution in [1.29, 1.82) is 0 Å². The zero-order valence-electron chi connectivity index (χ0n) is 15.7. The summed E-state index contributed by atoms with van der Waals surface area (Å²) >= 11 is 1.37. The van der Waals surface area contributed by atoms with Crippen LogP contribution in [0.1, 0.15) is 15.9 Å². The quantitative estimate of drug-likeness (QED) is 0.457. The number of hydrogen-bond acceptors (Lipinski definition) is 6. The second kappa shape index (κ2) is 8.26. The number of carbonyl (C=O) groups excluding carboxylic acids is 1. The molecule has 27 heavy (non-hydrogen) atoms. The van der Waals surface area contributed by atoms with Crippen LogP contribution < -0.4 is 9.47 Å². The van der Waals surface area contributed by atoms with E-state index in [0.717, 1.165) is 11.1 Å². The second-order valence-electron chi connectivity index (χ2n) is 6.01. The van der Waals surface area contributed by atoms with Crippen molar-refractivity contribution >= 4 is 17.5 Å². The molecule has 6 nitrogen and oxygen atoms in total. The minimum atomic E-state index is 0.0654. The number of hydrogen-bond donors (Lipinski definition) is 0. The van der Waals surface area contributed by atoms with Crippen LogP contribution in [-0.2, 0) is 7.05 Å². The van der Waals surface area contributed by atoms with Crippen LogP contribution in [0.25, 0.3) is 11.4 Å². The number of ketones is 1. The summed E-state index contributed by atoms with van der Waals surface area (Å²) in [5.74, 6) is 2.35. The molecule has 1 aromatic heterocycles. The molecule has 3 aromatic rings. The minimum absolute atomic E-state index is 0.0654. The van der Waals surface area contributed by atoms with E-state index >= 15 is 0 Å². The van der Waals surface area contributed by atoms with Gasteiger partial charge in [0.1, 0.15) is 0 Å². The highest BCUT2D eigenvalue weighted by atomic mass is 32.2. The summed E-state index contributed by atoms with van der Waals surface area (Å²) in [4.78, 5) is 12.4. The van der Waals surface area contributed by atoms with Crippen LogP contribution in [0.15, 0.2) is 47.6 Å². The molecule has 0 radical (unpaired) electrons. The van der Waals surface area contributed by atoms with Crippen molar-refractivity contribution in [3.63, 3.8) is 0 Å². The Morgan fingerprint density at radius 3 is 2.41 bits per heavy atom. The van der Waals surface area contributed by atoms with Crippen molar-refractivity contribution in [1.82, 2.24) is 14.8 Å². The third kappa shape index (κ3) is 4.14. The van der Waals surface area contributed by atoms with Crippen molar-refractivity contribution in [2.45, 2.75) is 12.1 Å². The lowest BCUT2D eigenvalue weighted by Gasteiger charge is -2.09. The first-order chi connectivity index (χ1) is 13.0. The molecular formula is C20H21N3O3S. The Balaban J connectivity index is 1.75. The van der Waals surface area contributed by atoms with Gasteiger partial charge in [-0.15, -0.1) is 10.2 Å². The van der Waals surface area contributed by atoms with E-state index in [0.29, 0.717) is 33.8 Å². The molecule has 2 aromatic carbocycles. The van der Waals surface area contributed by atoms with Gasteiger partial charge in [0.05, 0.1) is 20.0 Å². The summed E-state index contributed by atoms with van der Waals surface area (Å²) in [6.07, 6.45) is 0. The lowest BCUT2D eigenvalue weighted by Crippen LogP contribution is -2.04. The maximum atomic E-state index is 12.4. The van der Waals surface area contributed by atoms with Crippen molar-refractivity contribution in [3.8, 4) is 22.9 Å². The maximum absolute atomic E-state index is 12.4. The summed E-state index contributed by atoms with van der Waals surface area (Å²) in [6.45, 7) is 2.00. The Kier molecular flexibility index (Phi) is 5.81. The number of aryl methyl sites for hydroxylation is 1. The molecule has 140 valence electrons. The van der Waals surface area contributed by atoms with Crippen molar-refractivity contribution in [3.05, 3.63) is 53.6 Å². The average Bonchev–Trinajstić information content (AvgIpc) is 3.06. The van der Waals surface area contributed by atoms with E-state index in [2.05, 4.69) is 10.2 Å². The molecule has 0 amide bonds. The first-order valence-corrected chi connectivity index (χ1v) is 9.36. The molecule has 0 saturated heterocycles. The predicted octanol–water partition coefficient (Wildman–Crippen LogP) is 3.78. The highest BCUT2D eigenvalue weighted by Crippen LogP contribution is 2.32. The van der Waals surface area contributed by atoms with Gasteiger partial charge < -0.3 is 14.0 Å². The van der Waals surface area contributed by atoms with Crippen LogP contribution in [0.2, 0.25) is 0 Å². The fraction of sp³-hybridized carbons (Fsp3) is 0.250. The van der Waals surface area contributed by atoms with Gasteiger partial charge in [-0.05, 0) is 25.1 Å². The van der Waals surface area contributed by atoms with Crippen LogP contribution in [-0.4, -0.2) is 40.5 Å². The highest BCUT2D eigenvalue weighted by Gasteiger charge is 2.15. The second-order valence-corrected chi connectivity index (χ2v) is 6.96. The standard InChI is InChI=1S/C20H21N3O3S/c1-13-5-7-14(8-6-13)16(24)12-27-20-22-21-19(23(20)2)15-9-10-17(25-3)18(11-15)26-4/h5-11H,12H2,1-4H3. The summed E-state index contributed by atoms with van der Waals surface area (Å²) in [5.41, 5.74) is 2.70. The molecule has 0 fully saturated rings. The Morgan fingerprint density at radius 1 is 1.04 bits per heavy atom. The molecule has 0 spiro atoms. The van der Waals surface area contributed by atoms with Gasteiger partial charge in [-0.2, -0.15) is 0 Å². The fourth-order valence-electron chi connectivity index (χ4n) is 2.62. The summed E-state index contributed by atoms with van der Waals surface area (Å²) in [7, 11) is 5.07. The van der Waals surface area contributed by atoms with E-state index in [1.54, 1.807) is 14.2 Å². The topological polar surface area (TPSA) is 66.2 Å². The summed E-state index contributed by atoms with van der Waals surface area (Å²) < 4.78 is 12.5. The Morgan fingerprint density at radius 2 is 1.74 bits per heavy atom. The van der Waals surface area contributed by atoms with Crippen LogP contribution in [0, 0.1) is 6.92 Å². The van der Waals surface area contributed by atoms with Gasteiger partial charge in [-0.1, -0.05) is 41.6 Å². The van der Waals surface area contributed by atoms with E-state index in [1.165, 1.54) is 11.8 Å². The number of benzene rings is 2. The molecule has 0 aliphatic rings. The van der Waals surface area contributed by atoms with E-state index in [9.17, 15) is 4.79 Å². The Bertz CT molecular complexity index is 952. The van der Waals surface area contributed by atoms with Gasteiger partial charge >= 0.3 is 0 Å². The van der Waals surface area contributed by atoms with Crippen LogP contribution in [0.5, 0.6) is 11.5 Å². The van der Waals surface area contributed by atoms with Crippen LogP contribution >= 0.6 is 11.8 Å². The highest BCUT2D eigenvalue weighted by molar-refractivity contribution is 7.99. The van der Waals surface area contributed by atoms with Gasteiger partial charge in [-0.25, -0.2) is 0 Å². The molecule has 0 aliphatic heterocycles. The number of carbonyl (C=O) groups is 1. The lowest BCUT2D eigenvalue weighted by atomic mass is 10.1. The third-order valence-electron chi connectivity index (χ3n) is 4.18. The molecule has 0 aliphatic carbocycles. The van der Waals surface area contributed by atoms with Crippen molar-refractivity contribution < 1.29 is 14.3 Å². The molecule has 0 saturated carbocycles. The summed E-state index contributed by atoms with van der Waals surface area (Å²) in [5, 5.41) is 9.17. The first-order valence-electron chi connectivity index (χ1n) is 8.38. The maximum Gasteiger partial charge on any atom is 0.191 e. The average molecular weight is 383 g/mol. The largest absolute Gasteiger partial charge is 0.493 e. The van der Waals surface area contributed by atoms with Gasteiger partial charge in [0.25, 0.3) is 0 Å². The summed E-state index contributed by atoms with van der Waals surface area (Å²) in [6, 6.07) is 13.2. The number of thioether (sulfide) groups is 1. The van der Waals surface area contributed by atoms with Crippen molar-refractivity contribution in [2.24, 2.45) is 7.05 Å². The number of rotatable bonds is 7. The van der Waals surface area contributed by atoms with Crippen molar-refractivity contribution in [2.75, 3.05) is 20.0 Å². The van der Waals surface area contributed by atoms with E-state index in [4.69, 9.17) is 9.47 Å². The van der Waals surface area contributed by atoms with E-state index < -0.39 is 0 Å². The van der Waals surface area contributed by atoms with E-state index in [1.807, 2.05) is 61.0 Å². The predicted molar refractivity (Wildman–Crippen MR) is 106 cm³/mol. The zero-order valence-corrected chi connectivity index (χ0v) is 16.5. The normalized spacial score (nSPS) is 10.7. The molecule has 7 heteroatoms. The van der Waals surface area contributed by atoms with Crippen LogP contribution in [0.4, 0.5) is 0 Å². The molecule has 0 atom stereocenters. The zero-order chi connectivity index (χ0) is 19.4. The number of methoxy groups -OCH3 is 2. The Labute approximate surface area is 162 Å². The first kappa shape index (κ1) is 19.0. The lowest BCUT2D eigenvalue weighted by molar-refractivity contribution is 0.102. The molecule has 3 rings (SSSR count). The number of Topliss-reactive ketones (excluding diaryl/α,β-unsaturated/α-hetero) is 1. The molecule has 0 unspecified atom stereocenters. The molecule has 1 heterocycles. The van der Waals surface area contributed by atoms with Gasteiger partial charge in [0.2, 0.25) is 0 Å². The number of nitrogens with zero attached hydrogens (tertiary/aromatic N) is 3. The monoisotopic (exact) mass is 383 g/mol. The fourth-order valence-corrected chi connectivity index (χ4v) is 3.43. The van der Waals surface area contributed by atoms with Gasteiger partial charge in [0, 0.05) is 18.2 Å². The van der Waals surface area contributed by atoms with Gasteiger partial charge in [-0.3, -0.25) is 4.79 Å². The Hall–Kier alpha value is -2.80. The number of ether oxygens (including phenoxy) is 2. The molecule has 0 bridgehead atoms. The minimum Gasteiger partial charge on any atom is -0.493 e. The van der Waals surface area contributed by atoms with Crippen LogP contribution in [0.3, 0.4) is 0 Å². The number of aromatic nitrogens is 3. The molecule has 0 N–H and O–H groups in total.